The zero-order valence-electron chi connectivity index (χ0n) is 18.3. The van der Waals surface area contributed by atoms with Gasteiger partial charge in [-0.3, -0.25) is 4.79 Å². The number of rotatable bonds is 11. The maximum Gasteiger partial charge on any atom is 0.232 e. The summed E-state index contributed by atoms with van der Waals surface area (Å²) in [5.74, 6) is 1.17. The molecular weight excluding hydrogens is 386 g/mol. The molecule has 0 bridgehead atoms. The van der Waals surface area contributed by atoms with Crippen molar-refractivity contribution in [1.29, 1.82) is 0 Å². The van der Waals surface area contributed by atoms with Gasteiger partial charge in [-0.05, 0) is 41.7 Å². The molecule has 0 aliphatic rings. The lowest BCUT2D eigenvalue weighted by atomic mass is 9.90. The topological polar surface area (TPSA) is 47.6 Å². The summed E-state index contributed by atoms with van der Waals surface area (Å²) in [5, 5.41) is 3.12. The highest BCUT2D eigenvalue weighted by atomic mass is 16.5. The Morgan fingerprint density at radius 3 is 2.13 bits per heavy atom. The van der Waals surface area contributed by atoms with Gasteiger partial charge in [-0.1, -0.05) is 80.1 Å². The molecule has 0 aliphatic heterocycles. The van der Waals surface area contributed by atoms with Crippen LogP contribution >= 0.6 is 0 Å². The predicted octanol–water partition coefficient (Wildman–Crippen LogP) is 5.36. The van der Waals surface area contributed by atoms with E-state index in [0.717, 1.165) is 47.5 Å². The van der Waals surface area contributed by atoms with E-state index in [1.807, 2.05) is 78.9 Å². The van der Waals surface area contributed by atoms with Crippen LogP contribution in [0.2, 0.25) is 0 Å². The van der Waals surface area contributed by atoms with Gasteiger partial charge in [0.25, 0.3) is 0 Å². The van der Waals surface area contributed by atoms with Gasteiger partial charge >= 0.3 is 0 Å². The molecule has 0 unspecified atom stereocenters. The lowest BCUT2D eigenvalue weighted by molar-refractivity contribution is -0.121. The summed E-state index contributed by atoms with van der Waals surface area (Å²) < 4.78 is 11.3. The number of carbonyl (C=O) groups excluding carboxylic acids is 1. The largest absolute Gasteiger partial charge is 0.493 e. The van der Waals surface area contributed by atoms with E-state index in [9.17, 15) is 4.79 Å². The summed E-state index contributed by atoms with van der Waals surface area (Å²) in [5.41, 5.74) is 3.08. The molecule has 4 nitrogen and oxygen atoms in total. The van der Waals surface area contributed by atoms with Crippen molar-refractivity contribution in [1.82, 2.24) is 5.32 Å². The average molecular weight is 418 g/mol. The Morgan fingerprint density at radius 2 is 1.55 bits per heavy atom. The van der Waals surface area contributed by atoms with E-state index in [1.54, 1.807) is 7.11 Å². The highest BCUT2D eigenvalue weighted by molar-refractivity contribution is 5.87. The highest BCUT2D eigenvalue weighted by Gasteiger charge is 2.22. The maximum absolute atomic E-state index is 13.1. The van der Waals surface area contributed by atoms with Gasteiger partial charge in [0.2, 0.25) is 5.91 Å². The zero-order valence-corrected chi connectivity index (χ0v) is 18.3. The van der Waals surface area contributed by atoms with Crippen molar-refractivity contribution in [3.63, 3.8) is 0 Å². The van der Waals surface area contributed by atoms with Crippen molar-refractivity contribution < 1.29 is 14.3 Å². The monoisotopic (exact) mass is 417 g/mol. The predicted molar refractivity (Wildman–Crippen MR) is 125 cm³/mol. The number of hydrogen-bond acceptors (Lipinski definition) is 3. The van der Waals surface area contributed by atoms with E-state index < -0.39 is 0 Å². The molecule has 1 N–H and O–H groups in total. The first kappa shape index (κ1) is 22.4. The SMILES string of the molecule is CCCCOc1cc(CCNC(=O)C(c2ccccc2)c2ccccc2)ccc1OC. The molecule has 31 heavy (non-hydrogen) atoms. The number of benzene rings is 3. The molecule has 0 atom stereocenters. The van der Waals surface area contributed by atoms with Gasteiger partial charge in [0.15, 0.2) is 11.5 Å². The van der Waals surface area contributed by atoms with E-state index in [0.29, 0.717) is 13.2 Å². The van der Waals surface area contributed by atoms with E-state index >= 15 is 0 Å². The van der Waals surface area contributed by atoms with Gasteiger partial charge in [0.1, 0.15) is 0 Å². The second-order valence-electron chi connectivity index (χ2n) is 7.48. The molecule has 3 aromatic rings. The zero-order chi connectivity index (χ0) is 21.9. The third-order valence-electron chi connectivity index (χ3n) is 5.22. The molecule has 3 aromatic carbocycles. The Balaban J connectivity index is 1.66. The van der Waals surface area contributed by atoms with Crippen LogP contribution in [0.15, 0.2) is 78.9 Å². The first-order chi connectivity index (χ1) is 15.2. The van der Waals surface area contributed by atoms with Crippen molar-refractivity contribution in [2.24, 2.45) is 0 Å². The van der Waals surface area contributed by atoms with E-state index in [4.69, 9.17) is 9.47 Å². The molecule has 0 fully saturated rings. The fourth-order valence-corrected chi connectivity index (χ4v) is 3.53. The lowest BCUT2D eigenvalue weighted by Crippen LogP contribution is -2.31. The van der Waals surface area contributed by atoms with Gasteiger partial charge < -0.3 is 14.8 Å². The van der Waals surface area contributed by atoms with Gasteiger partial charge in [0.05, 0.1) is 19.6 Å². The van der Waals surface area contributed by atoms with Crippen LogP contribution in [0.25, 0.3) is 0 Å². The quantitative estimate of drug-likeness (QED) is 0.427. The lowest BCUT2D eigenvalue weighted by Gasteiger charge is -2.18. The van der Waals surface area contributed by atoms with Crippen LogP contribution in [0.1, 0.15) is 42.4 Å². The van der Waals surface area contributed by atoms with Gasteiger partial charge in [-0.15, -0.1) is 0 Å². The molecule has 3 rings (SSSR count). The summed E-state index contributed by atoms with van der Waals surface area (Å²) in [7, 11) is 1.65. The Morgan fingerprint density at radius 1 is 0.903 bits per heavy atom. The van der Waals surface area contributed by atoms with E-state index in [1.165, 1.54) is 0 Å². The second kappa shape index (κ2) is 11.8. The third kappa shape index (κ3) is 6.35. The molecule has 0 aliphatic carbocycles. The van der Waals surface area contributed by atoms with Crippen molar-refractivity contribution in [2.75, 3.05) is 20.3 Å². The second-order valence-corrected chi connectivity index (χ2v) is 7.48. The number of ether oxygens (including phenoxy) is 2. The number of methoxy groups -OCH3 is 1. The summed E-state index contributed by atoms with van der Waals surface area (Å²) in [4.78, 5) is 13.1. The van der Waals surface area contributed by atoms with E-state index in [-0.39, 0.29) is 11.8 Å². The van der Waals surface area contributed by atoms with E-state index in [2.05, 4.69) is 12.2 Å². The van der Waals surface area contributed by atoms with Gasteiger partial charge in [-0.2, -0.15) is 0 Å². The maximum atomic E-state index is 13.1. The molecular formula is C27H31NO3. The number of amides is 1. The molecule has 162 valence electrons. The number of nitrogens with one attached hydrogen (secondary N) is 1. The van der Waals surface area contributed by atoms with Crippen LogP contribution in [0, 0.1) is 0 Å². The summed E-state index contributed by atoms with van der Waals surface area (Å²) in [6.45, 7) is 3.36. The van der Waals surface area contributed by atoms with Crippen molar-refractivity contribution in [2.45, 2.75) is 32.1 Å². The number of carbonyl (C=O) groups is 1. The van der Waals surface area contributed by atoms with Gasteiger partial charge in [0, 0.05) is 6.54 Å². The Labute approximate surface area is 185 Å². The first-order valence-corrected chi connectivity index (χ1v) is 10.9. The van der Waals surface area contributed by atoms with Crippen LogP contribution in [0.5, 0.6) is 11.5 Å². The average Bonchev–Trinajstić information content (AvgIpc) is 2.81. The standard InChI is InChI=1S/C27H31NO3/c1-3-4-19-31-25-20-21(15-16-24(25)30-2)17-18-28-27(29)26(22-11-7-5-8-12-22)23-13-9-6-10-14-23/h5-16,20,26H,3-4,17-19H2,1-2H3,(H,28,29). The van der Waals surface area contributed by atoms with Crippen molar-refractivity contribution in [3.05, 3.63) is 95.6 Å². The minimum atomic E-state index is -0.328. The molecule has 0 heterocycles. The minimum absolute atomic E-state index is 0.00494. The Hall–Kier alpha value is -3.27. The molecule has 0 saturated carbocycles. The van der Waals surface area contributed by atoms with Crippen LogP contribution in [-0.2, 0) is 11.2 Å². The summed E-state index contributed by atoms with van der Waals surface area (Å²) in [6, 6.07) is 25.8. The van der Waals surface area contributed by atoms with Crippen LogP contribution in [-0.4, -0.2) is 26.2 Å². The first-order valence-electron chi connectivity index (χ1n) is 10.9. The normalized spacial score (nSPS) is 10.7. The van der Waals surface area contributed by atoms with Crippen molar-refractivity contribution in [3.8, 4) is 11.5 Å². The molecule has 1 amide bonds. The summed E-state index contributed by atoms with van der Waals surface area (Å²) in [6.07, 6.45) is 2.80. The van der Waals surface area contributed by atoms with Crippen LogP contribution in [0.3, 0.4) is 0 Å². The molecule has 0 spiro atoms. The third-order valence-corrected chi connectivity index (χ3v) is 5.22. The Kier molecular flexibility index (Phi) is 8.53. The molecule has 0 saturated heterocycles. The Bertz CT molecular complexity index is 902. The smallest absolute Gasteiger partial charge is 0.232 e. The molecule has 0 aromatic heterocycles. The van der Waals surface area contributed by atoms with Crippen LogP contribution < -0.4 is 14.8 Å². The number of hydrogen-bond donors (Lipinski definition) is 1. The van der Waals surface area contributed by atoms with Gasteiger partial charge in [-0.25, -0.2) is 0 Å². The minimum Gasteiger partial charge on any atom is -0.493 e. The van der Waals surface area contributed by atoms with Crippen LogP contribution in [0.4, 0.5) is 0 Å². The fraction of sp³-hybridized carbons (Fsp3) is 0.296. The molecule has 4 heteroatoms. The number of unbranched alkanes of at least 4 members (excludes halogenated alkanes) is 1. The molecule has 0 radical (unpaired) electrons. The fourth-order valence-electron chi connectivity index (χ4n) is 3.53. The highest BCUT2D eigenvalue weighted by Crippen LogP contribution is 2.29. The summed E-state index contributed by atoms with van der Waals surface area (Å²) >= 11 is 0. The van der Waals surface area contributed by atoms with Crippen molar-refractivity contribution >= 4 is 5.91 Å².